The van der Waals surface area contributed by atoms with Gasteiger partial charge in [0.25, 0.3) is 0 Å². The quantitative estimate of drug-likeness (QED) is 0.610. The zero-order chi connectivity index (χ0) is 23.7. The first-order valence-corrected chi connectivity index (χ1v) is 9.84. The zero-order valence-electron chi connectivity index (χ0n) is 16.1. The number of carbonyl (C=O) groups is 1. The molecule has 14 heteroatoms. The number of nitrogens with one attached hydrogen (secondary N) is 1. The predicted molar refractivity (Wildman–Crippen MR) is 105 cm³/mol. The molecule has 0 spiro atoms. The van der Waals surface area contributed by atoms with E-state index < -0.39 is 29.5 Å². The van der Waals surface area contributed by atoms with Gasteiger partial charge in [0.2, 0.25) is 0 Å². The molecule has 0 bridgehead atoms. The second-order valence-corrected chi connectivity index (χ2v) is 7.62. The van der Waals surface area contributed by atoms with Crippen molar-refractivity contribution in [1.29, 1.82) is 0 Å². The van der Waals surface area contributed by atoms with Crippen molar-refractivity contribution in [3.05, 3.63) is 51.4 Å². The number of aromatic nitrogens is 2. The van der Waals surface area contributed by atoms with Gasteiger partial charge in [-0.05, 0) is 12.1 Å². The Balaban J connectivity index is 1.55. The highest BCUT2D eigenvalue weighted by Gasteiger charge is 2.33. The summed E-state index contributed by atoms with van der Waals surface area (Å²) in [6.45, 7) is 0.802. The van der Waals surface area contributed by atoms with Crippen molar-refractivity contribution in [2.24, 2.45) is 0 Å². The van der Waals surface area contributed by atoms with Crippen LogP contribution in [0.25, 0.3) is 0 Å². The number of piperazine rings is 1. The molecule has 0 saturated carbocycles. The summed E-state index contributed by atoms with van der Waals surface area (Å²) in [6.07, 6.45) is -7.81. The number of nitrogens with zero attached hydrogens (tertiary/aromatic N) is 4. The van der Waals surface area contributed by atoms with Crippen LogP contribution >= 0.6 is 23.2 Å². The van der Waals surface area contributed by atoms with Gasteiger partial charge in [-0.3, -0.25) is 4.98 Å². The summed E-state index contributed by atoms with van der Waals surface area (Å²) in [5.74, 6) is 0.181. The van der Waals surface area contributed by atoms with Gasteiger partial charge in [-0.2, -0.15) is 26.3 Å². The summed E-state index contributed by atoms with van der Waals surface area (Å²) < 4.78 is 76.2. The highest BCUT2D eigenvalue weighted by molar-refractivity contribution is 6.33. The number of halogens is 8. The molecular formula is C18H15Cl2F6N5O. The van der Waals surface area contributed by atoms with Gasteiger partial charge < -0.3 is 15.1 Å². The molecule has 0 aliphatic carbocycles. The van der Waals surface area contributed by atoms with Crippen molar-refractivity contribution >= 4 is 35.1 Å². The van der Waals surface area contributed by atoms with Gasteiger partial charge >= 0.3 is 18.4 Å². The second kappa shape index (κ2) is 9.18. The van der Waals surface area contributed by atoms with Gasteiger partial charge in [-0.1, -0.05) is 23.2 Å². The average Bonchev–Trinajstić information content (AvgIpc) is 2.71. The molecule has 3 heterocycles. The van der Waals surface area contributed by atoms with Gasteiger partial charge in [0, 0.05) is 38.6 Å². The molecule has 2 aromatic rings. The number of carbonyl (C=O) groups excluding carboxylic acids is 1. The number of hydrogen-bond donors (Lipinski definition) is 1. The number of rotatable bonds is 3. The lowest BCUT2D eigenvalue weighted by atomic mass is 10.2. The van der Waals surface area contributed by atoms with Gasteiger partial charge in [-0.15, -0.1) is 0 Å². The Bertz CT molecular complexity index is 993. The summed E-state index contributed by atoms with van der Waals surface area (Å²) in [4.78, 5) is 22.9. The SMILES string of the molecule is O=C(NCc1ncc(C(F)(F)F)cc1Cl)N1CCN(c2ncc(C(F)(F)F)cc2Cl)CC1. The molecule has 32 heavy (non-hydrogen) atoms. The van der Waals surface area contributed by atoms with E-state index in [1.54, 1.807) is 4.90 Å². The van der Waals surface area contributed by atoms with Gasteiger partial charge in [-0.25, -0.2) is 9.78 Å². The molecule has 0 atom stereocenters. The third-order valence-electron chi connectivity index (χ3n) is 4.67. The van der Waals surface area contributed by atoms with Gasteiger partial charge in [0.1, 0.15) is 5.82 Å². The normalized spacial score (nSPS) is 15.1. The molecule has 1 fully saturated rings. The van der Waals surface area contributed by atoms with Crippen LogP contribution in [0.5, 0.6) is 0 Å². The molecule has 2 amide bonds. The van der Waals surface area contributed by atoms with E-state index in [1.165, 1.54) is 4.90 Å². The Kier molecular flexibility index (Phi) is 6.94. The lowest BCUT2D eigenvalue weighted by Crippen LogP contribution is -2.52. The van der Waals surface area contributed by atoms with Crippen LogP contribution in [-0.4, -0.2) is 47.1 Å². The van der Waals surface area contributed by atoms with Crippen molar-refractivity contribution in [2.75, 3.05) is 31.1 Å². The van der Waals surface area contributed by atoms with Crippen LogP contribution in [-0.2, 0) is 18.9 Å². The zero-order valence-corrected chi connectivity index (χ0v) is 17.6. The molecule has 0 aromatic carbocycles. The maximum atomic E-state index is 12.7. The summed E-state index contributed by atoms with van der Waals surface area (Å²) in [6, 6.07) is 1.04. The van der Waals surface area contributed by atoms with Crippen LogP contribution in [0.15, 0.2) is 24.5 Å². The van der Waals surface area contributed by atoms with E-state index in [4.69, 9.17) is 23.2 Å². The number of urea groups is 1. The maximum Gasteiger partial charge on any atom is 0.417 e. The predicted octanol–water partition coefficient (Wildman–Crippen LogP) is 4.85. The molecule has 0 unspecified atom stereocenters. The average molecular weight is 502 g/mol. The minimum absolute atomic E-state index is 0.0763. The summed E-state index contributed by atoms with van der Waals surface area (Å²) in [5.41, 5.74) is -1.88. The highest BCUT2D eigenvalue weighted by atomic mass is 35.5. The van der Waals surface area contributed by atoms with Crippen LogP contribution in [0.1, 0.15) is 16.8 Å². The van der Waals surface area contributed by atoms with E-state index in [0.29, 0.717) is 12.4 Å². The molecule has 1 aliphatic rings. The number of alkyl halides is 6. The molecule has 174 valence electrons. The Morgan fingerprint density at radius 2 is 1.44 bits per heavy atom. The van der Waals surface area contributed by atoms with Crippen molar-refractivity contribution < 1.29 is 31.1 Å². The fourth-order valence-electron chi connectivity index (χ4n) is 2.96. The van der Waals surface area contributed by atoms with Crippen LogP contribution in [0.2, 0.25) is 10.0 Å². The van der Waals surface area contributed by atoms with Crippen molar-refractivity contribution in [1.82, 2.24) is 20.2 Å². The summed E-state index contributed by atoms with van der Waals surface area (Å²) >= 11 is 11.8. The fraction of sp³-hybridized carbons (Fsp3) is 0.389. The molecular weight excluding hydrogens is 487 g/mol. The summed E-state index contributed by atoms with van der Waals surface area (Å²) in [7, 11) is 0. The minimum atomic E-state index is -4.58. The molecule has 1 saturated heterocycles. The first kappa shape index (κ1) is 24.2. The van der Waals surface area contributed by atoms with E-state index in [1.807, 2.05) is 0 Å². The van der Waals surface area contributed by atoms with Crippen LogP contribution < -0.4 is 10.2 Å². The third kappa shape index (κ3) is 5.66. The third-order valence-corrected chi connectivity index (χ3v) is 5.27. The second-order valence-electron chi connectivity index (χ2n) is 6.81. The van der Waals surface area contributed by atoms with Crippen LogP contribution in [0.4, 0.5) is 37.0 Å². The number of amides is 2. The van der Waals surface area contributed by atoms with Crippen molar-refractivity contribution in [3.8, 4) is 0 Å². The Hall–Kier alpha value is -2.47. The molecule has 6 nitrogen and oxygen atoms in total. The van der Waals surface area contributed by atoms with Gasteiger partial charge in [0.15, 0.2) is 0 Å². The van der Waals surface area contributed by atoms with E-state index >= 15 is 0 Å². The molecule has 1 N–H and O–H groups in total. The largest absolute Gasteiger partial charge is 0.417 e. The number of anilines is 1. The van der Waals surface area contributed by atoms with Crippen LogP contribution in [0, 0.1) is 0 Å². The van der Waals surface area contributed by atoms with E-state index in [9.17, 15) is 31.1 Å². The Morgan fingerprint density at radius 3 is 1.94 bits per heavy atom. The lowest BCUT2D eigenvalue weighted by molar-refractivity contribution is -0.138. The smallest absolute Gasteiger partial charge is 0.352 e. The van der Waals surface area contributed by atoms with Crippen molar-refractivity contribution in [2.45, 2.75) is 18.9 Å². The van der Waals surface area contributed by atoms with E-state index in [-0.39, 0.29) is 54.3 Å². The van der Waals surface area contributed by atoms with Gasteiger partial charge in [0.05, 0.1) is 33.4 Å². The van der Waals surface area contributed by atoms with E-state index in [2.05, 4.69) is 15.3 Å². The van der Waals surface area contributed by atoms with Crippen LogP contribution in [0.3, 0.4) is 0 Å². The molecule has 2 aromatic heterocycles. The summed E-state index contributed by atoms with van der Waals surface area (Å²) in [5, 5.41) is 2.15. The first-order chi connectivity index (χ1) is 14.9. The Labute approximate surface area is 188 Å². The fourth-order valence-corrected chi connectivity index (χ4v) is 3.48. The molecule has 0 radical (unpaired) electrons. The maximum absolute atomic E-state index is 12.7. The number of pyridine rings is 2. The minimum Gasteiger partial charge on any atom is -0.352 e. The van der Waals surface area contributed by atoms with Crippen molar-refractivity contribution in [3.63, 3.8) is 0 Å². The topological polar surface area (TPSA) is 61.4 Å². The monoisotopic (exact) mass is 501 g/mol. The van der Waals surface area contributed by atoms with E-state index in [0.717, 1.165) is 12.1 Å². The Morgan fingerprint density at radius 1 is 0.906 bits per heavy atom. The standard InChI is InChI=1S/C18H15Cl2F6N5O/c19-12-5-10(17(21,22)23)7-27-14(12)9-29-16(32)31-3-1-30(2-4-31)15-13(20)6-11(8-28-15)18(24,25)26/h5-8H,1-4,9H2,(H,29,32). The first-order valence-electron chi connectivity index (χ1n) is 9.08. The molecule has 3 rings (SSSR count). The number of hydrogen-bond acceptors (Lipinski definition) is 4. The molecule has 1 aliphatic heterocycles. The lowest BCUT2D eigenvalue weighted by Gasteiger charge is -2.35. The highest BCUT2D eigenvalue weighted by Crippen LogP contribution is 2.34.